The molecule has 0 aromatic carbocycles. The molecule has 0 spiro atoms. The third-order valence-corrected chi connectivity index (χ3v) is 4.01. The number of hydrogen-bond acceptors (Lipinski definition) is 5. The van der Waals surface area contributed by atoms with Crippen molar-refractivity contribution >= 4 is 34.9 Å². The van der Waals surface area contributed by atoms with Crippen LogP contribution in [0.4, 0.5) is 4.79 Å². The fourth-order valence-corrected chi connectivity index (χ4v) is 2.77. The molecule has 112 valence electrons. The molecule has 1 aromatic rings. The predicted octanol–water partition coefficient (Wildman–Crippen LogP) is 2.18. The molecule has 2 rings (SSSR count). The maximum atomic E-state index is 12.2. The van der Waals surface area contributed by atoms with Crippen LogP contribution in [-0.4, -0.2) is 46.5 Å². The summed E-state index contributed by atoms with van der Waals surface area (Å²) in [4.78, 5) is 38.9. The van der Waals surface area contributed by atoms with Crippen LogP contribution in [0.3, 0.4) is 0 Å². The number of imide groups is 1. The van der Waals surface area contributed by atoms with Crippen LogP contribution in [0.15, 0.2) is 27.7 Å². The van der Waals surface area contributed by atoms with E-state index in [0.29, 0.717) is 18.8 Å². The third kappa shape index (κ3) is 3.36. The lowest BCUT2D eigenvalue weighted by atomic mass is 10.3. The Balaban J connectivity index is 2.10. The Morgan fingerprint density at radius 1 is 1.38 bits per heavy atom. The van der Waals surface area contributed by atoms with E-state index in [1.165, 1.54) is 12.3 Å². The van der Waals surface area contributed by atoms with Gasteiger partial charge in [-0.05, 0) is 37.7 Å². The second-order valence-corrected chi connectivity index (χ2v) is 5.34. The fourth-order valence-electron chi connectivity index (χ4n) is 1.95. The van der Waals surface area contributed by atoms with E-state index < -0.39 is 11.1 Å². The summed E-state index contributed by atoms with van der Waals surface area (Å²) in [5, 5.41) is -0.432. The van der Waals surface area contributed by atoms with Gasteiger partial charge >= 0.3 is 0 Å². The highest BCUT2D eigenvalue weighted by molar-refractivity contribution is 8.18. The molecule has 1 fully saturated rings. The number of carbonyl (C=O) groups is 3. The first kappa shape index (κ1) is 15.4. The lowest BCUT2D eigenvalue weighted by Gasteiger charge is -2.21. The normalized spacial score (nSPS) is 16.9. The molecular weight excluding hydrogens is 292 g/mol. The monoisotopic (exact) mass is 308 g/mol. The molecule has 1 aliphatic heterocycles. The first-order chi connectivity index (χ1) is 10.1. The lowest BCUT2D eigenvalue weighted by Crippen LogP contribution is -2.41. The maximum Gasteiger partial charge on any atom is 0.294 e. The molecule has 0 aliphatic carbocycles. The number of furan rings is 1. The highest BCUT2D eigenvalue weighted by Gasteiger charge is 2.37. The van der Waals surface area contributed by atoms with Gasteiger partial charge in [0.15, 0.2) is 0 Å². The molecule has 2 heterocycles. The first-order valence-electron chi connectivity index (χ1n) is 6.63. The number of nitrogens with zero attached hydrogens (tertiary/aromatic N) is 2. The minimum atomic E-state index is -0.457. The molecule has 21 heavy (non-hydrogen) atoms. The summed E-state index contributed by atoms with van der Waals surface area (Å²) < 4.78 is 5.12. The van der Waals surface area contributed by atoms with Gasteiger partial charge in [-0.3, -0.25) is 19.3 Å². The fraction of sp³-hybridized carbons (Fsp3) is 0.357. The minimum absolute atomic E-state index is 0.220. The summed E-state index contributed by atoms with van der Waals surface area (Å²) in [5.74, 6) is -0.195. The molecule has 1 saturated heterocycles. The summed E-state index contributed by atoms with van der Waals surface area (Å²) in [5.41, 5.74) is 0. The Morgan fingerprint density at radius 3 is 2.67 bits per heavy atom. The molecule has 1 aromatic heterocycles. The molecule has 7 heteroatoms. The number of hydrogen-bond donors (Lipinski definition) is 0. The summed E-state index contributed by atoms with van der Waals surface area (Å²) in [6, 6.07) is 3.38. The highest BCUT2D eigenvalue weighted by Crippen LogP contribution is 2.32. The molecule has 0 radical (unpaired) electrons. The van der Waals surface area contributed by atoms with Crippen molar-refractivity contribution in [1.82, 2.24) is 9.80 Å². The summed E-state index contributed by atoms with van der Waals surface area (Å²) in [6.45, 7) is 4.58. The maximum absolute atomic E-state index is 12.2. The highest BCUT2D eigenvalue weighted by atomic mass is 32.2. The second kappa shape index (κ2) is 6.62. The Bertz CT molecular complexity index is 576. The van der Waals surface area contributed by atoms with E-state index in [1.807, 2.05) is 13.8 Å². The van der Waals surface area contributed by atoms with Crippen molar-refractivity contribution in [2.24, 2.45) is 0 Å². The molecule has 3 amide bonds. The van der Waals surface area contributed by atoms with E-state index in [1.54, 1.807) is 17.0 Å². The van der Waals surface area contributed by atoms with Crippen molar-refractivity contribution in [2.45, 2.75) is 13.8 Å². The Hall–Kier alpha value is -2.02. The number of amides is 3. The van der Waals surface area contributed by atoms with Gasteiger partial charge in [-0.25, -0.2) is 0 Å². The van der Waals surface area contributed by atoms with Crippen LogP contribution >= 0.6 is 11.8 Å². The average Bonchev–Trinajstić information content (AvgIpc) is 3.05. The summed E-state index contributed by atoms with van der Waals surface area (Å²) in [7, 11) is 0. The molecule has 6 nitrogen and oxygen atoms in total. The van der Waals surface area contributed by atoms with Crippen LogP contribution in [-0.2, 0) is 9.59 Å². The van der Waals surface area contributed by atoms with Crippen LogP contribution < -0.4 is 0 Å². The van der Waals surface area contributed by atoms with Gasteiger partial charge in [0.1, 0.15) is 12.3 Å². The first-order valence-corrected chi connectivity index (χ1v) is 7.45. The van der Waals surface area contributed by atoms with Crippen molar-refractivity contribution in [3.05, 3.63) is 29.1 Å². The zero-order valence-corrected chi connectivity index (χ0v) is 12.7. The third-order valence-electron chi connectivity index (χ3n) is 3.10. The van der Waals surface area contributed by atoms with E-state index in [2.05, 4.69) is 0 Å². The number of likely N-dealkylation sites (N-methyl/N-ethyl adjacent to an activating group) is 1. The lowest BCUT2D eigenvalue weighted by molar-refractivity contribution is -0.135. The van der Waals surface area contributed by atoms with Gasteiger partial charge in [-0.2, -0.15) is 0 Å². The van der Waals surface area contributed by atoms with E-state index in [9.17, 15) is 14.4 Å². The smallest absolute Gasteiger partial charge is 0.294 e. The van der Waals surface area contributed by atoms with Gasteiger partial charge in [0.25, 0.3) is 11.1 Å². The molecule has 0 bridgehead atoms. The Kier molecular flexibility index (Phi) is 4.85. The van der Waals surface area contributed by atoms with Crippen LogP contribution in [0.1, 0.15) is 19.6 Å². The zero-order chi connectivity index (χ0) is 15.4. The predicted molar refractivity (Wildman–Crippen MR) is 79.3 cm³/mol. The molecule has 0 saturated carbocycles. The van der Waals surface area contributed by atoms with Crippen molar-refractivity contribution < 1.29 is 18.8 Å². The minimum Gasteiger partial charge on any atom is -0.465 e. The topological polar surface area (TPSA) is 70.8 Å². The Labute approximate surface area is 126 Å². The SMILES string of the molecule is CCN(CC)C(=O)CN1C(=O)S/C(=C\c2ccco2)C1=O. The number of thioether (sulfide) groups is 1. The number of rotatable bonds is 5. The van der Waals surface area contributed by atoms with Crippen LogP contribution in [0.5, 0.6) is 0 Å². The van der Waals surface area contributed by atoms with Gasteiger partial charge in [-0.1, -0.05) is 0 Å². The standard InChI is InChI=1S/C14H16N2O4S/c1-3-15(4-2)12(17)9-16-13(18)11(21-14(16)19)8-10-6-5-7-20-10/h5-8H,3-4,9H2,1-2H3/b11-8-. The van der Waals surface area contributed by atoms with E-state index in [0.717, 1.165) is 16.7 Å². The van der Waals surface area contributed by atoms with Crippen molar-refractivity contribution in [3.63, 3.8) is 0 Å². The zero-order valence-electron chi connectivity index (χ0n) is 11.9. The molecule has 0 atom stereocenters. The van der Waals surface area contributed by atoms with Gasteiger partial charge in [0.05, 0.1) is 11.2 Å². The van der Waals surface area contributed by atoms with Gasteiger partial charge < -0.3 is 9.32 Å². The van der Waals surface area contributed by atoms with E-state index >= 15 is 0 Å². The van der Waals surface area contributed by atoms with E-state index in [4.69, 9.17) is 4.42 Å². The van der Waals surface area contributed by atoms with Crippen molar-refractivity contribution in [2.75, 3.05) is 19.6 Å². The summed E-state index contributed by atoms with van der Waals surface area (Å²) in [6.07, 6.45) is 2.99. The molecular formula is C14H16N2O4S. The van der Waals surface area contributed by atoms with Gasteiger partial charge in [0.2, 0.25) is 5.91 Å². The molecule has 0 unspecified atom stereocenters. The number of carbonyl (C=O) groups excluding carboxylic acids is 3. The van der Waals surface area contributed by atoms with Crippen LogP contribution in [0.25, 0.3) is 6.08 Å². The van der Waals surface area contributed by atoms with Gasteiger partial charge in [0, 0.05) is 19.2 Å². The Morgan fingerprint density at radius 2 is 2.10 bits per heavy atom. The van der Waals surface area contributed by atoms with Crippen LogP contribution in [0.2, 0.25) is 0 Å². The molecule has 0 N–H and O–H groups in total. The van der Waals surface area contributed by atoms with Crippen molar-refractivity contribution in [1.29, 1.82) is 0 Å². The van der Waals surface area contributed by atoms with Crippen LogP contribution in [0, 0.1) is 0 Å². The average molecular weight is 308 g/mol. The summed E-state index contributed by atoms with van der Waals surface area (Å²) >= 11 is 0.817. The van der Waals surface area contributed by atoms with E-state index in [-0.39, 0.29) is 17.4 Å². The van der Waals surface area contributed by atoms with Gasteiger partial charge in [-0.15, -0.1) is 0 Å². The quantitative estimate of drug-likeness (QED) is 0.780. The largest absolute Gasteiger partial charge is 0.465 e. The second-order valence-electron chi connectivity index (χ2n) is 4.35. The van der Waals surface area contributed by atoms with Crippen molar-refractivity contribution in [3.8, 4) is 0 Å². The molecule has 1 aliphatic rings.